The van der Waals surface area contributed by atoms with E-state index in [1.54, 1.807) is 11.0 Å². The number of rotatable bonds is 2. The summed E-state index contributed by atoms with van der Waals surface area (Å²) in [6.45, 7) is 8.12. The standard InChI is InChI=1S/C13H15N3O/c1-4-10-5-12(17)16(7-10)13-11(6-14)8(2)9(3)15-13/h4,10,15H,1,5,7H2,2-3H3. The molecule has 0 spiro atoms. The lowest BCUT2D eigenvalue weighted by Gasteiger charge is -2.14. The molecular weight excluding hydrogens is 214 g/mol. The highest BCUT2D eigenvalue weighted by Crippen LogP contribution is 2.30. The number of aryl methyl sites for hydroxylation is 1. The zero-order chi connectivity index (χ0) is 12.6. The number of H-pyrrole nitrogens is 1. The van der Waals surface area contributed by atoms with Crippen LogP contribution in [0.1, 0.15) is 23.2 Å². The number of hydrogen-bond donors (Lipinski definition) is 1. The number of nitriles is 1. The minimum absolute atomic E-state index is 0.0488. The van der Waals surface area contributed by atoms with Gasteiger partial charge in [-0.3, -0.25) is 9.69 Å². The van der Waals surface area contributed by atoms with Crippen LogP contribution < -0.4 is 4.90 Å². The van der Waals surface area contributed by atoms with Crippen molar-refractivity contribution in [2.75, 3.05) is 11.4 Å². The number of hydrogen-bond acceptors (Lipinski definition) is 2. The molecule has 0 bridgehead atoms. The van der Waals surface area contributed by atoms with Crippen molar-refractivity contribution < 1.29 is 4.79 Å². The van der Waals surface area contributed by atoms with Crippen molar-refractivity contribution in [2.24, 2.45) is 5.92 Å². The van der Waals surface area contributed by atoms with E-state index in [1.165, 1.54) is 0 Å². The summed E-state index contributed by atoms with van der Waals surface area (Å²) < 4.78 is 0. The molecule has 1 fully saturated rings. The lowest BCUT2D eigenvalue weighted by molar-refractivity contribution is -0.117. The third-order valence-corrected chi connectivity index (χ3v) is 3.35. The summed E-state index contributed by atoms with van der Waals surface area (Å²) in [4.78, 5) is 16.7. The Morgan fingerprint density at radius 2 is 2.29 bits per heavy atom. The molecule has 0 aromatic carbocycles. The molecule has 1 aliphatic rings. The van der Waals surface area contributed by atoms with Crippen LogP contribution in [0, 0.1) is 31.1 Å². The first-order chi connectivity index (χ1) is 8.08. The summed E-state index contributed by atoms with van der Waals surface area (Å²) in [6, 6.07) is 2.16. The molecule has 17 heavy (non-hydrogen) atoms. The summed E-state index contributed by atoms with van der Waals surface area (Å²) in [5, 5.41) is 9.15. The van der Waals surface area contributed by atoms with Gasteiger partial charge in [0, 0.05) is 24.6 Å². The molecule has 1 unspecified atom stereocenters. The third-order valence-electron chi connectivity index (χ3n) is 3.35. The monoisotopic (exact) mass is 229 g/mol. The molecule has 1 atom stereocenters. The Bertz CT molecular complexity index is 522. The fraction of sp³-hybridized carbons (Fsp3) is 0.385. The summed E-state index contributed by atoms with van der Waals surface area (Å²) >= 11 is 0. The smallest absolute Gasteiger partial charge is 0.228 e. The Balaban J connectivity index is 2.42. The van der Waals surface area contributed by atoms with Crippen molar-refractivity contribution in [3.63, 3.8) is 0 Å². The molecule has 1 amide bonds. The van der Waals surface area contributed by atoms with Gasteiger partial charge >= 0.3 is 0 Å². The van der Waals surface area contributed by atoms with Crippen molar-refractivity contribution >= 4 is 11.7 Å². The Hall–Kier alpha value is -2.02. The molecule has 88 valence electrons. The van der Waals surface area contributed by atoms with E-state index < -0.39 is 0 Å². The predicted octanol–water partition coefficient (Wildman–Crippen LogP) is 2.04. The minimum Gasteiger partial charge on any atom is -0.344 e. The van der Waals surface area contributed by atoms with Gasteiger partial charge in [-0.25, -0.2) is 0 Å². The van der Waals surface area contributed by atoms with Gasteiger partial charge < -0.3 is 4.98 Å². The quantitative estimate of drug-likeness (QED) is 0.789. The molecule has 4 nitrogen and oxygen atoms in total. The van der Waals surface area contributed by atoms with Crippen LogP contribution in [0.25, 0.3) is 0 Å². The number of aromatic nitrogens is 1. The molecule has 1 aromatic rings. The maximum atomic E-state index is 11.9. The fourth-order valence-electron chi connectivity index (χ4n) is 2.15. The van der Waals surface area contributed by atoms with Gasteiger partial charge in [0.05, 0.1) is 5.56 Å². The van der Waals surface area contributed by atoms with E-state index in [-0.39, 0.29) is 11.8 Å². The Labute approximate surface area is 101 Å². The van der Waals surface area contributed by atoms with Crippen LogP contribution in [0.15, 0.2) is 12.7 Å². The van der Waals surface area contributed by atoms with E-state index in [2.05, 4.69) is 17.6 Å². The van der Waals surface area contributed by atoms with Crippen LogP contribution in [0.2, 0.25) is 0 Å². The summed E-state index contributed by atoms with van der Waals surface area (Å²) in [7, 11) is 0. The van der Waals surface area contributed by atoms with Crippen molar-refractivity contribution in [1.82, 2.24) is 4.98 Å². The molecule has 4 heteroatoms. The van der Waals surface area contributed by atoms with Crippen LogP contribution in [0.4, 0.5) is 5.82 Å². The number of nitrogens with zero attached hydrogens (tertiary/aromatic N) is 2. The zero-order valence-corrected chi connectivity index (χ0v) is 10.1. The van der Waals surface area contributed by atoms with E-state index in [0.29, 0.717) is 24.3 Å². The molecule has 1 saturated heterocycles. The Kier molecular flexibility index (Phi) is 2.76. The average Bonchev–Trinajstić information content (AvgIpc) is 2.81. The van der Waals surface area contributed by atoms with Gasteiger partial charge in [-0.05, 0) is 19.4 Å². The molecule has 0 saturated carbocycles. The number of anilines is 1. The molecule has 1 aliphatic heterocycles. The zero-order valence-electron chi connectivity index (χ0n) is 10.1. The second kappa shape index (κ2) is 4.10. The number of nitrogens with one attached hydrogen (secondary N) is 1. The highest BCUT2D eigenvalue weighted by molar-refractivity contribution is 5.96. The van der Waals surface area contributed by atoms with Gasteiger partial charge in [0.25, 0.3) is 0 Å². The first kappa shape index (κ1) is 11.5. The van der Waals surface area contributed by atoms with Gasteiger partial charge in [0.2, 0.25) is 5.91 Å². The first-order valence-corrected chi connectivity index (χ1v) is 5.60. The molecular formula is C13H15N3O. The molecule has 1 N–H and O–H groups in total. The highest BCUT2D eigenvalue weighted by atomic mass is 16.2. The van der Waals surface area contributed by atoms with Gasteiger partial charge in [0.1, 0.15) is 11.9 Å². The van der Waals surface area contributed by atoms with Crippen LogP contribution in [0.5, 0.6) is 0 Å². The van der Waals surface area contributed by atoms with E-state index in [9.17, 15) is 4.79 Å². The lowest BCUT2D eigenvalue weighted by Crippen LogP contribution is -2.25. The second-order valence-corrected chi connectivity index (χ2v) is 4.41. The van der Waals surface area contributed by atoms with Crippen molar-refractivity contribution in [2.45, 2.75) is 20.3 Å². The summed E-state index contributed by atoms with van der Waals surface area (Å²) in [5.41, 5.74) is 2.42. The summed E-state index contributed by atoms with van der Waals surface area (Å²) in [5.74, 6) is 0.863. The SMILES string of the molecule is C=CC1CC(=O)N(c2[nH]c(C)c(C)c2C#N)C1. The van der Waals surface area contributed by atoms with E-state index in [0.717, 1.165) is 11.3 Å². The molecule has 0 aliphatic carbocycles. The van der Waals surface area contributed by atoms with Crippen LogP contribution >= 0.6 is 0 Å². The number of aromatic amines is 1. The maximum Gasteiger partial charge on any atom is 0.228 e. The summed E-state index contributed by atoms with van der Waals surface area (Å²) in [6.07, 6.45) is 2.28. The van der Waals surface area contributed by atoms with Gasteiger partial charge in [-0.15, -0.1) is 6.58 Å². The van der Waals surface area contributed by atoms with Crippen molar-refractivity contribution in [1.29, 1.82) is 5.26 Å². The number of amides is 1. The van der Waals surface area contributed by atoms with Crippen LogP contribution in [-0.2, 0) is 4.79 Å². The highest BCUT2D eigenvalue weighted by Gasteiger charge is 2.31. The topological polar surface area (TPSA) is 59.9 Å². The molecule has 2 rings (SSSR count). The Morgan fingerprint density at radius 3 is 2.82 bits per heavy atom. The second-order valence-electron chi connectivity index (χ2n) is 4.41. The number of carbonyl (C=O) groups is 1. The lowest BCUT2D eigenvalue weighted by atomic mass is 10.1. The van der Waals surface area contributed by atoms with Crippen LogP contribution in [-0.4, -0.2) is 17.4 Å². The predicted molar refractivity (Wildman–Crippen MR) is 65.6 cm³/mol. The normalized spacial score (nSPS) is 19.5. The van der Waals surface area contributed by atoms with Crippen molar-refractivity contribution in [3.8, 4) is 6.07 Å². The third kappa shape index (κ3) is 1.74. The molecule has 0 radical (unpaired) electrons. The molecule has 1 aromatic heterocycles. The van der Waals surface area contributed by atoms with Gasteiger partial charge in [-0.1, -0.05) is 6.08 Å². The number of carbonyl (C=O) groups excluding carboxylic acids is 1. The van der Waals surface area contributed by atoms with E-state index in [4.69, 9.17) is 5.26 Å². The van der Waals surface area contributed by atoms with E-state index >= 15 is 0 Å². The van der Waals surface area contributed by atoms with Crippen LogP contribution in [0.3, 0.4) is 0 Å². The average molecular weight is 229 g/mol. The van der Waals surface area contributed by atoms with E-state index in [1.807, 2.05) is 13.8 Å². The first-order valence-electron chi connectivity index (χ1n) is 5.60. The maximum absolute atomic E-state index is 11.9. The van der Waals surface area contributed by atoms with Gasteiger partial charge in [0.15, 0.2) is 0 Å². The minimum atomic E-state index is 0.0488. The van der Waals surface area contributed by atoms with Gasteiger partial charge in [-0.2, -0.15) is 5.26 Å². The van der Waals surface area contributed by atoms with Crippen molar-refractivity contribution in [3.05, 3.63) is 29.5 Å². The largest absolute Gasteiger partial charge is 0.344 e. The Morgan fingerprint density at radius 1 is 1.59 bits per heavy atom. The fourth-order valence-corrected chi connectivity index (χ4v) is 2.15. The molecule has 2 heterocycles.